The minimum absolute atomic E-state index is 0.251. The Kier molecular flexibility index (Phi) is 7.14. The van der Waals surface area contributed by atoms with E-state index in [1.807, 2.05) is 0 Å². The zero-order chi connectivity index (χ0) is 12.6. The highest BCUT2D eigenvalue weighted by Crippen LogP contribution is 2.32. The topological polar surface area (TPSA) is 18.5 Å². The van der Waals surface area contributed by atoms with Crippen LogP contribution in [0.1, 0.15) is 72.1 Å². The summed E-state index contributed by atoms with van der Waals surface area (Å²) in [5.74, 6) is 0.391. The number of hydrogen-bond acceptors (Lipinski definition) is 2. The fourth-order valence-corrected chi connectivity index (χ4v) is 2.60. The maximum absolute atomic E-state index is 5.96. The third kappa shape index (κ3) is 5.87. The zero-order valence-electron chi connectivity index (χ0n) is 12.0. The Morgan fingerprint density at radius 1 is 1.00 bits per heavy atom. The maximum Gasteiger partial charge on any atom is 0.168 e. The lowest BCUT2D eigenvalue weighted by Gasteiger charge is -2.38. The second kappa shape index (κ2) is 8.10. The first-order chi connectivity index (χ1) is 8.18. The molecule has 1 saturated heterocycles. The van der Waals surface area contributed by atoms with Crippen LogP contribution in [0.4, 0.5) is 0 Å². The number of hydrogen-bond donors (Lipinski definition) is 0. The fourth-order valence-electron chi connectivity index (χ4n) is 2.60. The van der Waals surface area contributed by atoms with Crippen molar-refractivity contribution >= 4 is 0 Å². The summed E-state index contributed by atoms with van der Waals surface area (Å²) < 4.78 is 11.9. The first kappa shape index (κ1) is 15.0. The lowest BCUT2D eigenvalue weighted by molar-refractivity contribution is -0.277. The summed E-state index contributed by atoms with van der Waals surface area (Å²) in [5.41, 5.74) is 0. The molecule has 0 atom stereocenters. The van der Waals surface area contributed by atoms with Gasteiger partial charge in [0.1, 0.15) is 0 Å². The molecule has 1 rings (SSSR count). The van der Waals surface area contributed by atoms with Gasteiger partial charge in [0.2, 0.25) is 0 Å². The summed E-state index contributed by atoms with van der Waals surface area (Å²) in [6, 6.07) is 0. The maximum atomic E-state index is 5.96. The van der Waals surface area contributed by atoms with Gasteiger partial charge in [-0.15, -0.1) is 0 Å². The van der Waals surface area contributed by atoms with Crippen LogP contribution in [-0.2, 0) is 9.47 Å². The number of unbranched alkanes of at least 4 members (excludes halogenated alkanes) is 4. The van der Waals surface area contributed by atoms with E-state index in [9.17, 15) is 0 Å². The molecule has 0 unspecified atom stereocenters. The van der Waals surface area contributed by atoms with Gasteiger partial charge < -0.3 is 9.47 Å². The van der Waals surface area contributed by atoms with Gasteiger partial charge in [-0.05, 0) is 18.8 Å². The molecule has 17 heavy (non-hydrogen) atoms. The predicted octanol–water partition coefficient (Wildman–Crippen LogP) is 4.53. The molecular formula is C15H30O2. The molecule has 1 aliphatic heterocycles. The van der Waals surface area contributed by atoms with E-state index in [1.54, 1.807) is 0 Å². The quantitative estimate of drug-likeness (QED) is 0.582. The van der Waals surface area contributed by atoms with Crippen LogP contribution in [-0.4, -0.2) is 19.0 Å². The van der Waals surface area contributed by atoms with Crippen molar-refractivity contribution in [1.82, 2.24) is 0 Å². The second-order valence-corrected chi connectivity index (χ2v) is 5.72. The molecule has 1 fully saturated rings. The summed E-state index contributed by atoms with van der Waals surface area (Å²) in [6.45, 7) is 8.51. The highest BCUT2D eigenvalue weighted by molar-refractivity contribution is 4.75. The molecule has 0 aliphatic carbocycles. The average molecular weight is 242 g/mol. The van der Waals surface area contributed by atoms with Gasteiger partial charge in [0, 0.05) is 12.8 Å². The van der Waals surface area contributed by atoms with Crippen molar-refractivity contribution in [3.8, 4) is 0 Å². The Hall–Kier alpha value is -0.0800. The van der Waals surface area contributed by atoms with E-state index in [0.29, 0.717) is 5.92 Å². The van der Waals surface area contributed by atoms with Gasteiger partial charge in [-0.3, -0.25) is 0 Å². The zero-order valence-corrected chi connectivity index (χ0v) is 12.0. The van der Waals surface area contributed by atoms with E-state index < -0.39 is 0 Å². The van der Waals surface area contributed by atoms with Crippen LogP contribution in [0, 0.1) is 5.92 Å². The van der Waals surface area contributed by atoms with E-state index in [-0.39, 0.29) is 5.79 Å². The first-order valence-corrected chi connectivity index (χ1v) is 7.46. The van der Waals surface area contributed by atoms with Gasteiger partial charge >= 0.3 is 0 Å². The first-order valence-electron chi connectivity index (χ1n) is 7.46. The summed E-state index contributed by atoms with van der Waals surface area (Å²) in [5, 5.41) is 0. The van der Waals surface area contributed by atoms with Gasteiger partial charge in [0.15, 0.2) is 5.79 Å². The highest BCUT2D eigenvalue weighted by Gasteiger charge is 2.34. The third-order valence-electron chi connectivity index (χ3n) is 3.40. The van der Waals surface area contributed by atoms with Crippen molar-refractivity contribution < 1.29 is 9.47 Å². The van der Waals surface area contributed by atoms with E-state index in [1.165, 1.54) is 32.1 Å². The molecular weight excluding hydrogens is 212 g/mol. The van der Waals surface area contributed by atoms with Crippen molar-refractivity contribution in [1.29, 1.82) is 0 Å². The second-order valence-electron chi connectivity index (χ2n) is 5.72. The molecule has 1 heterocycles. The lowest BCUT2D eigenvalue weighted by atomic mass is 9.96. The normalized spacial score (nSPS) is 19.8. The Morgan fingerprint density at radius 2 is 1.65 bits per heavy atom. The van der Waals surface area contributed by atoms with Crippen LogP contribution < -0.4 is 0 Å². The summed E-state index contributed by atoms with van der Waals surface area (Å²) in [6.07, 6.45) is 9.76. The van der Waals surface area contributed by atoms with E-state index in [2.05, 4.69) is 20.8 Å². The third-order valence-corrected chi connectivity index (χ3v) is 3.40. The Bertz CT molecular complexity index is 183. The van der Waals surface area contributed by atoms with Gasteiger partial charge in [-0.25, -0.2) is 0 Å². The van der Waals surface area contributed by atoms with Crippen LogP contribution in [0.5, 0.6) is 0 Å². The minimum Gasteiger partial charge on any atom is -0.350 e. The monoisotopic (exact) mass is 242 g/mol. The standard InChI is InChI=1S/C15H30O2/c1-4-5-6-7-8-10-15(13-14(2)3)16-11-9-12-17-15/h14H,4-13H2,1-3H3. The number of rotatable bonds is 8. The molecule has 0 saturated carbocycles. The van der Waals surface area contributed by atoms with Crippen molar-refractivity contribution in [3.63, 3.8) is 0 Å². The summed E-state index contributed by atoms with van der Waals surface area (Å²) in [4.78, 5) is 0. The van der Waals surface area contributed by atoms with Crippen LogP contribution in [0.2, 0.25) is 0 Å². The van der Waals surface area contributed by atoms with Gasteiger partial charge in [-0.1, -0.05) is 46.5 Å². The Labute approximate surface area is 107 Å². The largest absolute Gasteiger partial charge is 0.350 e. The van der Waals surface area contributed by atoms with Gasteiger partial charge in [0.05, 0.1) is 13.2 Å². The number of ether oxygens (including phenoxy) is 2. The van der Waals surface area contributed by atoms with Crippen LogP contribution in [0.15, 0.2) is 0 Å². The molecule has 0 aromatic heterocycles. The fraction of sp³-hybridized carbons (Fsp3) is 1.00. The molecule has 0 bridgehead atoms. The van der Waals surface area contributed by atoms with Crippen LogP contribution >= 0.6 is 0 Å². The van der Waals surface area contributed by atoms with Crippen molar-refractivity contribution in [2.24, 2.45) is 5.92 Å². The Balaban J connectivity index is 2.30. The molecule has 1 aliphatic rings. The highest BCUT2D eigenvalue weighted by atomic mass is 16.7. The van der Waals surface area contributed by atoms with Crippen LogP contribution in [0.25, 0.3) is 0 Å². The van der Waals surface area contributed by atoms with E-state index >= 15 is 0 Å². The molecule has 2 nitrogen and oxygen atoms in total. The SMILES string of the molecule is CCCCCCCC1(CC(C)C)OCCCO1. The minimum atomic E-state index is -0.251. The lowest BCUT2D eigenvalue weighted by Crippen LogP contribution is -2.41. The molecule has 0 spiro atoms. The predicted molar refractivity (Wildman–Crippen MR) is 72.1 cm³/mol. The van der Waals surface area contributed by atoms with Crippen molar-refractivity contribution in [2.45, 2.75) is 77.9 Å². The molecule has 0 N–H and O–H groups in total. The average Bonchev–Trinajstić information content (AvgIpc) is 2.29. The molecule has 0 radical (unpaired) electrons. The van der Waals surface area contributed by atoms with Gasteiger partial charge in [0.25, 0.3) is 0 Å². The molecule has 0 aromatic carbocycles. The smallest absolute Gasteiger partial charge is 0.168 e. The van der Waals surface area contributed by atoms with Gasteiger partial charge in [-0.2, -0.15) is 0 Å². The molecule has 2 heteroatoms. The van der Waals surface area contributed by atoms with Crippen molar-refractivity contribution in [2.75, 3.05) is 13.2 Å². The summed E-state index contributed by atoms with van der Waals surface area (Å²) >= 11 is 0. The molecule has 102 valence electrons. The van der Waals surface area contributed by atoms with Crippen molar-refractivity contribution in [3.05, 3.63) is 0 Å². The van der Waals surface area contributed by atoms with E-state index in [4.69, 9.17) is 9.47 Å². The summed E-state index contributed by atoms with van der Waals surface area (Å²) in [7, 11) is 0. The molecule has 0 aromatic rings. The molecule has 0 amide bonds. The van der Waals surface area contributed by atoms with E-state index in [0.717, 1.165) is 32.5 Å². The van der Waals surface area contributed by atoms with Crippen LogP contribution in [0.3, 0.4) is 0 Å². The Morgan fingerprint density at radius 3 is 2.24 bits per heavy atom.